The summed E-state index contributed by atoms with van der Waals surface area (Å²) in [5.74, 6) is -0.507. The summed E-state index contributed by atoms with van der Waals surface area (Å²) in [5, 5.41) is 13.9. The van der Waals surface area contributed by atoms with Crippen molar-refractivity contribution in [3.05, 3.63) is 63.2 Å². The number of aryl methyl sites for hydroxylation is 3. The molecule has 0 aromatic heterocycles. The highest BCUT2D eigenvalue weighted by atomic mass is 32.2. The van der Waals surface area contributed by atoms with Crippen molar-refractivity contribution in [2.24, 2.45) is 0 Å². The molecule has 29 heavy (non-hydrogen) atoms. The average molecular weight is 420 g/mol. The van der Waals surface area contributed by atoms with Crippen LogP contribution in [0.4, 0.5) is 17.1 Å². The molecule has 2 rings (SSSR count). The molecule has 0 radical (unpaired) electrons. The highest BCUT2D eigenvalue weighted by Gasteiger charge is 2.33. The maximum atomic E-state index is 13.0. The topological polar surface area (TPSA) is 110 Å². The average Bonchev–Trinajstić information content (AvgIpc) is 2.62. The van der Waals surface area contributed by atoms with Crippen LogP contribution in [0, 0.1) is 30.9 Å². The number of benzene rings is 2. The molecule has 1 amide bonds. The van der Waals surface area contributed by atoms with Gasteiger partial charge >= 0.3 is 0 Å². The molecule has 0 saturated carbocycles. The molecule has 0 bridgehead atoms. The summed E-state index contributed by atoms with van der Waals surface area (Å²) >= 11 is 0. The van der Waals surface area contributed by atoms with Gasteiger partial charge < -0.3 is 5.32 Å². The van der Waals surface area contributed by atoms with E-state index in [1.807, 2.05) is 26.0 Å². The molecule has 2 aromatic rings. The smallest absolute Gasteiger partial charge is 0.271 e. The molecule has 0 aliphatic heterocycles. The van der Waals surface area contributed by atoms with Gasteiger partial charge in [0.25, 0.3) is 5.69 Å². The summed E-state index contributed by atoms with van der Waals surface area (Å²) in [6.45, 7) is 7.20. The molecule has 1 N–H and O–H groups in total. The number of nitro groups is 1. The Labute approximate surface area is 170 Å². The third-order valence-corrected chi connectivity index (χ3v) is 5.91. The number of hydrogen-bond donors (Lipinski definition) is 1. The van der Waals surface area contributed by atoms with E-state index in [0.29, 0.717) is 11.3 Å². The summed E-state index contributed by atoms with van der Waals surface area (Å²) in [6.07, 6.45) is 1.17. The van der Waals surface area contributed by atoms with Crippen LogP contribution < -0.4 is 9.62 Å². The minimum absolute atomic E-state index is 0.115. The van der Waals surface area contributed by atoms with E-state index in [2.05, 4.69) is 5.32 Å². The van der Waals surface area contributed by atoms with Gasteiger partial charge in [-0.15, -0.1) is 0 Å². The molecule has 0 fully saturated rings. The summed E-state index contributed by atoms with van der Waals surface area (Å²) in [6, 6.07) is 8.31. The summed E-state index contributed by atoms with van der Waals surface area (Å²) < 4.78 is 26.2. The third-order valence-electron chi connectivity index (χ3n) is 4.75. The zero-order valence-corrected chi connectivity index (χ0v) is 17.9. The molecular weight excluding hydrogens is 394 g/mol. The van der Waals surface area contributed by atoms with Crippen LogP contribution in [0.5, 0.6) is 0 Å². The van der Waals surface area contributed by atoms with Gasteiger partial charge in [0, 0.05) is 17.8 Å². The van der Waals surface area contributed by atoms with Gasteiger partial charge in [-0.25, -0.2) is 8.42 Å². The Kier molecular flexibility index (Phi) is 6.63. The van der Waals surface area contributed by atoms with Gasteiger partial charge in [0.05, 0.1) is 16.9 Å². The van der Waals surface area contributed by atoms with Gasteiger partial charge in [0.15, 0.2) is 0 Å². The first-order valence-corrected chi connectivity index (χ1v) is 10.9. The number of nitrogens with one attached hydrogen (secondary N) is 1. The number of nitro benzene ring substituents is 1. The number of carbonyl (C=O) groups excluding carboxylic acids is 1. The first kappa shape index (κ1) is 22.4. The quantitative estimate of drug-likeness (QED) is 0.543. The predicted molar refractivity (Wildman–Crippen MR) is 114 cm³/mol. The molecule has 9 heteroatoms. The second kappa shape index (κ2) is 8.60. The highest BCUT2D eigenvalue weighted by molar-refractivity contribution is 7.92. The van der Waals surface area contributed by atoms with Crippen LogP contribution in [0.1, 0.15) is 30.0 Å². The molecule has 0 aliphatic rings. The Morgan fingerprint density at radius 2 is 1.72 bits per heavy atom. The van der Waals surface area contributed by atoms with Crippen LogP contribution in [0.15, 0.2) is 36.4 Å². The molecule has 2 aromatic carbocycles. The third kappa shape index (κ3) is 5.11. The van der Waals surface area contributed by atoms with Crippen LogP contribution in [0.25, 0.3) is 0 Å². The number of anilines is 2. The second-order valence-corrected chi connectivity index (χ2v) is 8.86. The van der Waals surface area contributed by atoms with Crippen LogP contribution in [-0.4, -0.2) is 31.5 Å². The first-order chi connectivity index (χ1) is 13.5. The number of sulfonamides is 1. The van der Waals surface area contributed by atoms with Crippen molar-refractivity contribution >= 4 is 33.0 Å². The standard InChI is InChI=1S/C20H25N3O5S/c1-6-18(20(24)21-16-9-7-13(2)15(4)11-16)22(29(5,27)28)19-12-17(23(25)26)10-8-14(19)3/h7-12,18H,6H2,1-5H3,(H,21,24). The number of amides is 1. The van der Waals surface area contributed by atoms with Crippen molar-refractivity contribution in [2.45, 2.75) is 40.2 Å². The molecule has 0 heterocycles. The Bertz CT molecular complexity index is 1050. The number of non-ortho nitro benzene ring substituents is 1. The fraction of sp³-hybridized carbons (Fsp3) is 0.350. The first-order valence-electron chi connectivity index (χ1n) is 9.08. The maximum absolute atomic E-state index is 13.0. The van der Waals surface area contributed by atoms with Crippen LogP contribution in [0.3, 0.4) is 0 Å². The van der Waals surface area contributed by atoms with Crippen LogP contribution in [-0.2, 0) is 14.8 Å². The highest BCUT2D eigenvalue weighted by Crippen LogP contribution is 2.30. The lowest BCUT2D eigenvalue weighted by Gasteiger charge is -2.31. The van der Waals surface area contributed by atoms with Crippen LogP contribution >= 0.6 is 0 Å². The lowest BCUT2D eigenvalue weighted by molar-refractivity contribution is -0.384. The molecule has 1 atom stereocenters. The molecule has 0 spiro atoms. The van der Waals surface area contributed by atoms with Crippen molar-refractivity contribution in [3.63, 3.8) is 0 Å². The van der Waals surface area contributed by atoms with Gasteiger partial charge in [-0.2, -0.15) is 0 Å². The number of nitrogens with zero attached hydrogens (tertiary/aromatic N) is 2. The minimum atomic E-state index is -3.90. The van der Waals surface area contributed by atoms with Gasteiger partial charge in [0.1, 0.15) is 6.04 Å². The van der Waals surface area contributed by atoms with E-state index in [4.69, 9.17) is 0 Å². The molecule has 0 aliphatic carbocycles. The van der Waals surface area contributed by atoms with Gasteiger partial charge in [0.2, 0.25) is 15.9 Å². The number of rotatable bonds is 7. The largest absolute Gasteiger partial charge is 0.324 e. The molecule has 156 valence electrons. The fourth-order valence-electron chi connectivity index (χ4n) is 3.03. The fourth-order valence-corrected chi connectivity index (χ4v) is 4.29. The Morgan fingerprint density at radius 1 is 1.10 bits per heavy atom. The Balaban J connectivity index is 2.49. The van der Waals surface area contributed by atoms with Crippen molar-refractivity contribution < 1.29 is 18.1 Å². The summed E-state index contributed by atoms with van der Waals surface area (Å²) in [5.41, 5.74) is 3.00. The number of hydrogen-bond acceptors (Lipinski definition) is 5. The van der Waals surface area contributed by atoms with E-state index in [1.165, 1.54) is 18.2 Å². The zero-order chi connectivity index (χ0) is 21.9. The van der Waals surface area contributed by atoms with E-state index >= 15 is 0 Å². The van der Waals surface area contributed by atoms with E-state index in [1.54, 1.807) is 19.9 Å². The van der Waals surface area contributed by atoms with Crippen LogP contribution in [0.2, 0.25) is 0 Å². The molecular formula is C20H25N3O5S. The summed E-state index contributed by atoms with van der Waals surface area (Å²) in [7, 11) is -3.90. The number of carbonyl (C=O) groups is 1. The predicted octanol–water partition coefficient (Wildman–Crippen LogP) is 3.70. The maximum Gasteiger partial charge on any atom is 0.271 e. The molecule has 0 saturated heterocycles. The van der Waals surface area contributed by atoms with Gasteiger partial charge in [-0.1, -0.05) is 19.1 Å². The molecule has 8 nitrogen and oxygen atoms in total. The van der Waals surface area contributed by atoms with Gasteiger partial charge in [-0.3, -0.25) is 19.2 Å². The second-order valence-electron chi connectivity index (χ2n) is 7.00. The Hall–Kier alpha value is -2.94. The summed E-state index contributed by atoms with van der Waals surface area (Å²) in [4.78, 5) is 23.6. The lowest BCUT2D eigenvalue weighted by Crippen LogP contribution is -2.47. The van der Waals surface area contributed by atoms with Crippen molar-refractivity contribution in [1.29, 1.82) is 0 Å². The van der Waals surface area contributed by atoms with E-state index in [9.17, 15) is 23.3 Å². The van der Waals surface area contributed by atoms with E-state index in [-0.39, 0.29) is 17.8 Å². The minimum Gasteiger partial charge on any atom is -0.324 e. The lowest BCUT2D eigenvalue weighted by atomic mass is 10.1. The SMILES string of the molecule is CCC(C(=O)Nc1ccc(C)c(C)c1)N(c1cc([N+](=O)[O-])ccc1C)S(C)(=O)=O. The normalized spacial score (nSPS) is 12.3. The Morgan fingerprint density at radius 3 is 2.24 bits per heavy atom. The van der Waals surface area contributed by atoms with Crippen molar-refractivity contribution in [3.8, 4) is 0 Å². The van der Waals surface area contributed by atoms with Crippen molar-refractivity contribution in [2.75, 3.05) is 15.9 Å². The van der Waals surface area contributed by atoms with E-state index < -0.39 is 26.9 Å². The monoisotopic (exact) mass is 419 g/mol. The van der Waals surface area contributed by atoms with Gasteiger partial charge in [-0.05, 0) is 56.0 Å². The molecule has 1 unspecified atom stereocenters. The zero-order valence-electron chi connectivity index (χ0n) is 17.1. The van der Waals surface area contributed by atoms with Crippen molar-refractivity contribution in [1.82, 2.24) is 0 Å². The van der Waals surface area contributed by atoms with E-state index in [0.717, 1.165) is 21.7 Å².